The van der Waals surface area contributed by atoms with E-state index < -0.39 is 17.5 Å². The van der Waals surface area contributed by atoms with Crippen molar-refractivity contribution >= 4 is 11.8 Å². The first-order valence-corrected chi connectivity index (χ1v) is 10.5. The summed E-state index contributed by atoms with van der Waals surface area (Å²) in [6.45, 7) is 6.45. The molecule has 7 nitrogen and oxygen atoms in total. The van der Waals surface area contributed by atoms with Crippen molar-refractivity contribution in [1.29, 1.82) is 0 Å². The molecule has 0 aromatic heterocycles. The number of hydrogen-bond donors (Lipinski definition) is 2. The largest absolute Gasteiger partial charge is 0.370 e. The van der Waals surface area contributed by atoms with Crippen molar-refractivity contribution < 1.29 is 23.8 Å². The Labute approximate surface area is 182 Å². The van der Waals surface area contributed by atoms with Crippen LogP contribution < -0.4 is 10.6 Å². The zero-order valence-corrected chi connectivity index (χ0v) is 18.0. The third-order valence-corrected chi connectivity index (χ3v) is 5.62. The van der Waals surface area contributed by atoms with Crippen LogP contribution in [-0.2, 0) is 14.2 Å². The first-order valence-electron chi connectivity index (χ1n) is 10.5. The molecule has 2 N–H and O–H groups in total. The van der Waals surface area contributed by atoms with E-state index in [1.165, 1.54) is 0 Å². The van der Waals surface area contributed by atoms with Crippen LogP contribution in [0.2, 0.25) is 0 Å². The molecule has 2 fully saturated rings. The topological polar surface area (TPSA) is 85.9 Å². The number of amides is 2. The van der Waals surface area contributed by atoms with Crippen molar-refractivity contribution in [3.63, 3.8) is 0 Å². The van der Waals surface area contributed by atoms with Gasteiger partial charge < -0.3 is 24.8 Å². The van der Waals surface area contributed by atoms with E-state index in [1.807, 2.05) is 51.1 Å². The molecule has 2 amide bonds. The molecule has 0 bridgehead atoms. The molecule has 2 aliphatic heterocycles. The van der Waals surface area contributed by atoms with Gasteiger partial charge in [-0.2, -0.15) is 0 Å². The third-order valence-electron chi connectivity index (χ3n) is 5.62. The van der Waals surface area contributed by atoms with E-state index in [1.54, 1.807) is 24.3 Å². The highest BCUT2D eigenvalue weighted by Crippen LogP contribution is 2.43. The monoisotopic (exact) mass is 424 g/mol. The first kappa shape index (κ1) is 21.5. The van der Waals surface area contributed by atoms with E-state index in [4.69, 9.17) is 14.2 Å². The van der Waals surface area contributed by atoms with Gasteiger partial charge >= 0.3 is 0 Å². The number of rotatable bonds is 6. The number of carbonyl (C=O) groups excluding carboxylic acids is 2. The zero-order chi connectivity index (χ0) is 22.1. The maximum atomic E-state index is 12.5. The summed E-state index contributed by atoms with van der Waals surface area (Å²) in [6, 6.07) is 16.4. The molecule has 0 aliphatic carbocycles. The Morgan fingerprint density at radius 3 is 2.32 bits per heavy atom. The van der Waals surface area contributed by atoms with E-state index in [0.717, 1.165) is 5.56 Å². The Hall–Kier alpha value is -2.74. The van der Waals surface area contributed by atoms with Crippen LogP contribution in [0.4, 0.5) is 0 Å². The normalized spacial score (nSPS) is 26.3. The van der Waals surface area contributed by atoms with Gasteiger partial charge in [0.05, 0.1) is 13.2 Å². The molecule has 31 heavy (non-hydrogen) atoms. The number of hydrogen-bond acceptors (Lipinski definition) is 5. The predicted octanol–water partition coefficient (Wildman–Crippen LogP) is 2.44. The molecule has 2 heterocycles. The second kappa shape index (κ2) is 8.42. The average molecular weight is 424 g/mol. The lowest BCUT2D eigenvalue weighted by molar-refractivity contribution is -0.188. The van der Waals surface area contributed by atoms with Crippen LogP contribution in [0.3, 0.4) is 0 Å². The van der Waals surface area contributed by atoms with Crippen LogP contribution >= 0.6 is 0 Å². The van der Waals surface area contributed by atoms with Gasteiger partial charge in [-0.05, 0) is 45.0 Å². The third kappa shape index (κ3) is 4.63. The summed E-state index contributed by atoms with van der Waals surface area (Å²) < 4.78 is 18.3. The smallest absolute Gasteiger partial charge is 0.251 e. The minimum atomic E-state index is -0.814. The summed E-state index contributed by atoms with van der Waals surface area (Å²) in [7, 11) is 0. The van der Waals surface area contributed by atoms with Crippen molar-refractivity contribution in [1.82, 2.24) is 10.6 Å². The van der Waals surface area contributed by atoms with Crippen LogP contribution in [-0.4, -0.2) is 55.1 Å². The van der Waals surface area contributed by atoms with E-state index in [2.05, 4.69) is 10.6 Å². The van der Waals surface area contributed by atoms with Gasteiger partial charge in [-0.1, -0.05) is 35.9 Å². The van der Waals surface area contributed by atoms with Gasteiger partial charge in [0.15, 0.2) is 5.79 Å². The maximum absolute atomic E-state index is 12.5. The summed E-state index contributed by atoms with van der Waals surface area (Å²) in [5.41, 5.74) is 1.45. The highest BCUT2D eigenvalue weighted by Gasteiger charge is 2.60. The van der Waals surface area contributed by atoms with Crippen molar-refractivity contribution in [3.8, 4) is 0 Å². The van der Waals surface area contributed by atoms with E-state index in [-0.39, 0.29) is 37.6 Å². The van der Waals surface area contributed by atoms with Gasteiger partial charge in [0.25, 0.3) is 11.8 Å². The fourth-order valence-electron chi connectivity index (χ4n) is 4.12. The number of aryl methyl sites for hydroxylation is 1. The van der Waals surface area contributed by atoms with Crippen LogP contribution in [0.1, 0.15) is 40.1 Å². The van der Waals surface area contributed by atoms with E-state index in [9.17, 15) is 9.59 Å². The lowest BCUT2D eigenvalue weighted by atomic mass is 9.96. The fraction of sp³-hybridized carbons (Fsp3) is 0.417. The lowest BCUT2D eigenvalue weighted by Gasteiger charge is -2.27. The maximum Gasteiger partial charge on any atom is 0.251 e. The highest BCUT2D eigenvalue weighted by molar-refractivity contribution is 5.94. The first-order chi connectivity index (χ1) is 14.8. The Bertz CT molecular complexity index is 944. The fourth-order valence-corrected chi connectivity index (χ4v) is 4.12. The molecular formula is C24H28N2O5. The van der Waals surface area contributed by atoms with Gasteiger partial charge in [-0.15, -0.1) is 0 Å². The molecule has 0 saturated carbocycles. The van der Waals surface area contributed by atoms with Crippen LogP contribution in [0.25, 0.3) is 0 Å². The molecule has 0 radical (unpaired) electrons. The summed E-state index contributed by atoms with van der Waals surface area (Å²) in [6.07, 6.45) is -0.804. The second-order valence-electron chi connectivity index (χ2n) is 8.58. The second-order valence-corrected chi connectivity index (χ2v) is 8.58. The number of benzene rings is 2. The molecular weight excluding hydrogens is 396 g/mol. The Morgan fingerprint density at radius 2 is 1.61 bits per heavy atom. The van der Waals surface area contributed by atoms with Gasteiger partial charge in [0, 0.05) is 17.7 Å². The van der Waals surface area contributed by atoms with Crippen molar-refractivity contribution in [2.75, 3.05) is 19.7 Å². The Balaban J connectivity index is 1.40. The molecule has 2 saturated heterocycles. The average Bonchev–Trinajstić information content (AvgIpc) is 3.21. The summed E-state index contributed by atoms with van der Waals surface area (Å²) in [5.74, 6) is -1.17. The molecule has 2 aromatic rings. The van der Waals surface area contributed by atoms with Gasteiger partial charge in [0.1, 0.15) is 17.8 Å². The van der Waals surface area contributed by atoms with Gasteiger partial charge in [0.2, 0.25) is 0 Å². The van der Waals surface area contributed by atoms with Gasteiger partial charge in [-0.3, -0.25) is 9.59 Å². The Morgan fingerprint density at radius 1 is 0.968 bits per heavy atom. The number of carbonyl (C=O) groups is 2. The summed E-state index contributed by atoms with van der Waals surface area (Å²) in [4.78, 5) is 25.0. The molecule has 2 aliphatic rings. The molecule has 164 valence electrons. The number of ether oxygens (including phenoxy) is 3. The van der Waals surface area contributed by atoms with Crippen molar-refractivity contribution in [2.24, 2.45) is 0 Å². The zero-order valence-electron chi connectivity index (χ0n) is 18.0. The molecule has 0 spiro atoms. The van der Waals surface area contributed by atoms with E-state index >= 15 is 0 Å². The summed E-state index contributed by atoms with van der Waals surface area (Å²) in [5, 5.41) is 5.87. The molecule has 3 atom stereocenters. The van der Waals surface area contributed by atoms with Crippen molar-refractivity contribution in [3.05, 3.63) is 71.3 Å². The quantitative estimate of drug-likeness (QED) is 0.744. The lowest BCUT2D eigenvalue weighted by Crippen LogP contribution is -2.52. The molecule has 0 unspecified atom stereocenters. The van der Waals surface area contributed by atoms with Crippen LogP contribution in [0.15, 0.2) is 54.6 Å². The van der Waals surface area contributed by atoms with Crippen LogP contribution in [0, 0.1) is 6.92 Å². The molecule has 2 aromatic carbocycles. The standard InChI is InChI=1S/C24H28N2O5/c1-16-9-11-18(12-10-16)21(27)25-13-19-20-24(15-29-19,31-23(2,3)30-20)14-26-22(28)17-7-5-4-6-8-17/h4-12,19-20H,13-15H2,1-3H3,(H,25,27)(H,26,28)/t19-,20-,24+/m1/s1. The Kier molecular flexibility index (Phi) is 5.83. The summed E-state index contributed by atoms with van der Waals surface area (Å²) >= 11 is 0. The highest BCUT2D eigenvalue weighted by atomic mass is 16.8. The van der Waals surface area contributed by atoms with Crippen molar-refractivity contribution in [2.45, 2.75) is 44.4 Å². The minimum absolute atomic E-state index is 0.170. The number of nitrogens with one attached hydrogen (secondary N) is 2. The molecule has 7 heteroatoms. The molecule has 4 rings (SSSR count). The SMILES string of the molecule is Cc1ccc(C(=O)NC[C@H]2OC[C@]3(CNC(=O)c4ccccc4)OC(C)(C)O[C@H]23)cc1. The predicted molar refractivity (Wildman–Crippen MR) is 115 cm³/mol. The van der Waals surface area contributed by atoms with E-state index in [0.29, 0.717) is 11.1 Å². The van der Waals surface area contributed by atoms with Crippen LogP contribution in [0.5, 0.6) is 0 Å². The minimum Gasteiger partial charge on any atom is -0.370 e. The van der Waals surface area contributed by atoms with Gasteiger partial charge in [-0.25, -0.2) is 0 Å². The number of fused-ring (bicyclic) bond motifs is 1.